The van der Waals surface area contributed by atoms with Gasteiger partial charge in [-0.15, -0.1) is 0 Å². The van der Waals surface area contributed by atoms with E-state index in [1.54, 1.807) is 20.8 Å². The van der Waals surface area contributed by atoms with Crippen molar-refractivity contribution in [3.8, 4) is 0 Å². The Kier molecular flexibility index (Phi) is 7.44. The van der Waals surface area contributed by atoms with Crippen LogP contribution < -0.4 is 0 Å². The lowest BCUT2D eigenvalue weighted by molar-refractivity contribution is 0.0405. The normalized spacial score (nSPS) is 10.7. The summed E-state index contributed by atoms with van der Waals surface area (Å²) < 4.78 is 5.23. The molecule has 0 fully saturated rings. The molecule has 1 aromatic heterocycles. The number of amides is 1. The third-order valence-corrected chi connectivity index (χ3v) is 4.23. The fourth-order valence-corrected chi connectivity index (χ4v) is 2.69. The van der Waals surface area contributed by atoms with Crippen LogP contribution in [-0.4, -0.2) is 38.8 Å². The number of amidine groups is 1. The smallest absolute Gasteiger partial charge is 0.416 e. The standard InChI is InChI=1S/C17H22N4O2S.C2H6/c1-10-9-20-13-7-6-11(8-12(10)13)14(18)24-15(19)21(5)16(22)23-17(2,3)4;1-2/h6-9,18-20H,1-5H3;1-2H3. The van der Waals surface area contributed by atoms with Gasteiger partial charge in [0.25, 0.3) is 0 Å². The second kappa shape index (κ2) is 8.89. The van der Waals surface area contributed by atoms with Crippen molar-refractivity contribution in [1.82, 2.24) is 9.88 Å². The minimum absolute atomic E-state index is 0.0554. The first-order valence-corrected chi connectivity index (χ1v) is 9.30. The number of carbonyl (C=O) groups is 1. The van der Waals surface area contributed by atoms with Crippen LogP contribution in [0.15, 0.2) is 24.4 Å². The average Bonchev–Trinajstić information content (AvgIpc) is 2.95. The maximum atomic E-state index is 12.0. The van der Waals surface area contributed by atoms with E-state index in [4.69, 9.17) is 15.6 Å². The number of hydrogen-bond donors (Lipinski definition) is 3. The fourth-order valence-electron chi connectivity index (χ4n) is 2.04. The largest absolute Gasteiger partial charge is 0.443 e. The summed E-state index contributed by atoms with van der Waals surface area (Å²) in [7, 11) is 1.47. The van der Waals surface area contributed by atoms with E-state index in [1.165, 1.54) is 7.05 Å². The van der Waals surface area contributed by atoms with Crippen molar-refractivity contribution in [2.24, 2.45) is 0 Å². The van der Waals surface area contributed by atoms with Gasteiger partial charge in [-0.2, -0.15) is 0 Å². The molecule has 1 heterocycles. The lowest BCUT2D eigenvalue weighted by Gasteiger charge is -2.24. The van der Waals surface area contributed by atoms with Crippen LogP contribution in [0, 0.1) is 17.7 Å². The summed E-state index contributed by atoms with van der Waals surface area (Å²) in [5.41, 5.74) is 2.19. The predicted octanol–water partition coefficient (Wildman–Crippen LogP) is 5.36. The summed E-state index contributed by atoms with van der Waals surface area (Å²) >= 11 is 0.914. The highest BCUT2D eigenvalue weighted by Gasteiger charge is 2.23. The summed E-state index contributed by atoms with van der Waals surface area (Å²) in [6, 6.07) is 5.65. The van der Waals surface area contributed by atoms with E-state index in [2.05, 4.69) is 4.98 Å². The van der Waals surface area contributed by atoms with Crippen LogP contribution >= 0.6 is 11.8 Å². The zero-order valence-corrected chi connectivity index (χ0v) is 17.3. The summed E-state index contributed by atoms with van der Waals surface area (Å²) in [6.45, 7) is 11.3. The van der Waals surface area contributed by atoms with Crippen LogP contribution in [-0.2, 0) is 4.74 Å². The molecule has 142 valence electrons. The van der Waals surface area contributed by atoms with E-state index in [0.29, 0.717) is 5.56 Å². The Morgan fingerprint density at radius 1 is 1.23 bits per heavy atom. The van der Waals surface area contributed by atoms with E-state index in [0.717, 1.165) is 33.1 Å². The highest BCUT2D eigenvalue weighted by molar-refractivity contribution is 8.26. The van der Waals surface area contributed by atoms with Gasteiger partial charge in [0.05, 0.1) is 0 Å². The number of H-pyrrole nitrogens is 1. The van der Waals surface area contributed by atoms with Crippen LogP contribution in [0.2, 0.25) is 0 Å². The molecule has 0 bridgehead atoms. The molecule has 0 aliphatic rings. The SMILES string of the molecule is CC.Cc1c[nH]c2ccc(C(=N)SC(=N)N(C)C(=O)OC(C)(C)C)cc12. The highest BCUT2D eigenvalue weighted by Crippen LogP contribution is 2.23. The number of thioether (sulfide) groups is 1. The Bertz CT molecular complexity index is 805. The molecule has 0 atom stereocenters. The second-order valence-electron chi connectivity index (χ2n) is 6.51. The molecule has 0 spiro atoms. The Hall–Kier alpha value is -2.28. The molecule has 26 heavy (non-hydrogen) atoms. The number of hydrogen-bond acceptors (Lipinski definition) is 5. The molecule has 6 nitrogen and oxygen atoms in total. The number of aromatic amines is 1. The van der Waals surface area contributed by atoms with Crippen molar-refractivity contribution in [2.45, 2.75) is 47.1 Å². The Balaban J connectivity index is 0.00000163. The summed E-state index contributed by atoms with van der Waals surface area (Å²) in [5.74, 6) is 0. The molecule has 0 unspecified atom stereocenters. The number of nitrogens with zero attached hydrogens (tertiary/aromatic N) is 1. The molecular weight excluding hydrogens is 348 g/mol. The quantitative estimate of drug-likeness (QED) is 0.462. The lowest BCUT2D eigenvalue weighted by Crippen LogP contribution is -2.36. The van der Waals surface area contributed by atoms with Gasteiger partial charge in [-0.25, -0.2) is 4.79 Å². The number of benzene rings is 1. The molecule has 2 rings (SSSR count). The van der Waals surface area contributed by atoms with Gasteiger partial charge in [0.15, 0.2) is 5.17 Å². The molecule has 0 saturated carbocycles. The van der Waals surface area contributed by atoms with Crippen LogP contribution in [0.3, 0.4) is 0 Å². The monoisotopic (exact) mass is 376 g/mol. The van der Waals surface area contributed by atoms with Gasteiger partial charge >= 0.3 is 6.09 Å². The van der Waals surface area contributed by atoms with Gasteiger partial charge in [0, 0.05) is 29.7 Å². The number of ether oxygens (including phenoxy) is 1. The van der Waals surface area contributed by atoms with Crippen molar-refractivity contribution in [1.29, 1.82) is 10.8 Å². The average molecular weight is 377 g/mol. The predicted molar refractivity (Wildman–Crippen MR) is 111 cm³/mol. The van der Waals surface area contributed by atoms with Gasteiger partial charge in [-0.3, -0.25) is 15.7 Å². The first-order chi connectivity index (χ1) is 12.1. The minimum Gasteiger partial charge on any atom is -0.443 e. The molecule has 2 aromatic rings. The van der Waals surface area contributed by atoms with Crippen molar-refractivity contribution in [2.75, 3.05) is 7.05 Å². The maximum Gasteiger partial charge on any atom is 0.416 e. The number of aryl methyl sites for hydroxylation is 1. The molecule has 1 amide bonds. The van der Waals surface area contributed by atoms with Crippen LogP contribution in [0.1, 0.15) is 45.7 Å². The molecule has 1 aromatic carbocycles. The summed E-state index contributed by atoms with van der Waals surface area (Å²) in [6.07, 6.45) is 1.31. The van der Waals surface area contributed by atoms with Gasteiger partial charge in [0.1, 0.15) is 10.6 Å². The van der Waals surface area contributed by atoms with Crippen molar-refractivity contribution in [3.05, 3.63) is 35.5 Å². The van der Waals surface area contributed by atoms with Crippen LogP contribution in [0.4, 0.5) is 4.79 Å². The topological polar surface area (TPSA) is 93.0 Å². The van der Waals surface area contributed by atoms with Crippen LogP contribution in [0.25, 0.3) is 10.9 Å². The zero-order valence-electron chi connectivity index (χ0n) is 16.5. The molecule has 0 saturated heterocycles. The Morgan fingerprint density at radius 2 is 1.85 bits per heavy atom. The molecule has 0 radical (unpaired) electrons. The number of nitrogens with one attached hydrogen (secondary N) is 3. The molecule has 0 aliphatic heterocycles. The number of carbonyl (C=O) groups excluding carboxylic acids is 1. The summed E-state index contributed by atoms with van der Waals surface area (Å²) in [5, 5.41) is 17.4. The van der Waals surface area contributed by atoms with Gasteiger partial charge in [0.2, 0.25) is 0 Å². The van der Waals surface area contributed by atoms with E-state index >= 15 is 0 Å². The molecule has 3 N–H and O–H groups in total. The lowest BCUT2D eigenvalue weighted by atomic mass is 10.1. The number of rotatable bonds is 1. The minimum atomic E-state index is -0.624. The molecule has 0 aliphatic carbocycles. The van der Waals surface area contributed by atoms with Gasteiger partial charge in [-0.05, 0) is 57.2 Å². The second-order valence-corrected chi connectivity index (χ2v) is 7.51. The van der Waals surface area contributed by atoms with Gasteiger partial charge in [-0.1, -0.05) is 19.9 Å². The summed E-state index contributed by atoms with van der Waals surface area (Å²) in [4.78, 5) is 16.2. The molecule has 7 heteroatoms. The first-order valence-electron chi connectivity index (χ1n) is 8.48. The van der Waals surface area contributed by atoms with Gasteiger partial charge < -0.3 is 9.72 Å². The number of aromatic nitrogens is 1. The number of fused-ring (bicyclic) bond motifs is 1. The van der Waals surface area contributed by atoms with E-state index < -0.39 is 11.7 Å². The first kappa shape index (κ1) is 21.8. The van der Waals surface area contributed by atoms with E-state index in [1.807, 2.05) is 45.2 Å². The highest BCUT2D eigenvalue weighted by atomic mass is 32.2. The van der Waals surface area contributed by atoms with Crippen LogP contribution in [0.5, 0.6) is 0 Å². The Labute approximate surface area is 159 Å². The van der Waals surface area contributed by atoms with E-state index in [-0.39, 0.29) is 10.2 Å². The van der Waals surface area contributed by atoms with Crippen molar-refractivity contribution < 1.29 is 9.53 Å². The third-order valence-electron chi connectivity index (χ3n) is 3.32. The van der Waals surface area contributed by atoms with Crippen molar-refractivity contribution in [3.63, 3.8) is 0 Å². The molecular formula is C19H28N4O2S. The van der Waals surface area contributed by atoms with E-state index in [9.17, 15) is 4.79 Å². The maximum absolute atomic E-state index is 12.0. The zero-order chi connectivity index (χ0) is 20.1. The van der Waals surface area contributed by atoms with Crippen molar-refractivity contribution >= 4 is 39.0 Å². The third kappa shape index (κ3) is 5.62. The Morgan fingerprint density at radius 3 is 2.42 bits per heavy atom. The fraction of sp³-hybridized carbons (Fsp3) is 0.421.